The lowest BCUT2D eigenvalue weighted by Crippen LogP contribution is -2.08. The van der Waals surface area contributed by atoms with Crippen molar-refractivity contribution in [3.63, 3.8) is 0 Å². The molecule has 1 aromatic carbocycles. The molecule has 3 nitrogen and oxygen atoms in total. The van der Waals surface area contributed by atoms with Crippen LogP contribution in [0.2, 0.25) is 0 Å². The number of aromatic nitrogens is 1. The molecule has 110 valence electrons. The Kier molecular flexibility index (Phi) is 4.36. The monoisotopic (exact) mass is 287 g/mol. The van der Waals surface area contributed by atoms with E-state index in [0.717, 1.165) is 23.2 Å². The fraction of sp³-hybridized carbons (Fsp3) is 0.294. The van der Waals surface area contributed by atoms with Gasteiger partial charge in [0.1, 0.15) is 5.82 Å². The van der Waals surface area contributed by atoms with Crippen LogP contribution >= 0.6 is 0 Å². The Morgan fingerprint density at radius 2 is 1.90 bits per heavy atom. The van der Waals surface area contributed by atoms with Crippen LogP contribution in [-0.2, 0) is 6.42 Å². The predicted molar refractivity (Wildman–Crippen MR) is 79.9 cm³/mol. The third kappa shape index (κ3) is 3.45. The summed E-state index contributed by atoms with van der Waals surface area (Å²) in [5.74, 6) is -0.922. The molecule has 0 radical (unpaired) electrons. The van der Waals surface area contributed by atoms with Crippen molar-refractivity contribution in [2.24, 2.45) is 5.92 Å². The number of carboxylic acids is 1. The van der Waals surface area contributed by atoms with Crippen LogP contribution in [0.4, 0.5) is 4.39 Å². The molecule has 0 fully saturated rings. The van der Waals surface area contributed by atoms with Gasteiger partial charge in [-0.25, -0.2) is 9.18 Å². The molecule has 0 spiro atoms. The van der Waals surface area contributed by atoms with E-state index in [-0.39, 0.29) is 11.4 Å². The van der Waals surface area contributed by atoms with Crippen LogP contribution in [0.5, 0.6) is 0 Å². The fourth-order valence-electron chi connectivity index (χ4n) is 2.29. The van der Waals surface area contributed by atoms with Crippen molar-refractivity contribution in [1.29, 1.82) is 0 Å². The van der Waals surface area contributed by atoms with Gasteiger partial charge in [0.2, 0.25) is 0 Å². The van der Waals surface area contributed by atoms with E-state index in [1.54, 1.807) is 25.1 Å². The van der Waals surface area contributed by atoms with E-state index in [1.165, 1.54) is 12.1 Å². The molecule has 2 aromatic rings. The summed E-state index contributed by atoms with van der Waals surface area (Å²) >= 11 is 0. The van der Waals surface area contributed by atoms with E-state index in [1.807, 2.05) is 0 Å². The fourth-order valence-corrected chi connectivity index (χ4v) is 2.29. The normalized spacial score (nSPS) is 10.9. The highest BCUT2D eigenvalue weighted by atomic mass is 19.1. The first-order valence-electron chi connectivity index (χ1n) is 6.88. The van der Waals surface area contributed by atoms with Gasteiger partial charge >= 0.3 is 5.97 Å². The summed E-state index contributed by atoms with van der Waals surface area (Å²) in [6, 6.07) is 7.67. The SMILES string of the molecule is Cc1nc(CC(C)C)c(-c2ccc(F)cc2)cc1C(=O)O. The zero-order chi connectivity index (χ0) is 15.6. The molecule has 21 heavy (non-hydrogen) atoms. The number of aromatic carboxylic acids is 1. The second-order valence-corrected chi connectivity index (χ2v) is 5.53. The number of hydrogen-bond donors (Lipinski definition) is 1. The molecule has 0 unspecified atom stereocenters. The molecule has 4 heteroatoms. The van der Waals surface area contributed by atoms with E-state index >= 15 is 0 Å². The van der Waals surface area contributed by atoms with Gasteiger partial charge in [-0.05, 0) is 43.0 Å². The molecule has 0 amide bonds. The Bertz CT molecular complexity index is 663. The average Bonchev–Trinajstić information content (AvgIpc) is 2.39. The van der Waals surface area contributed by atoms with Gasteiger partial charge in [0.25, 0.3) is 0 Å². The van der Waals surface area contributed by atoms with Gasteiger partial charge in [0.15, 0.2) is 0 Å². The van der Waals surface area contributed by atoms with Crippen molar-refractivity contribution in [2.75, 3.05) is 0 Å². The second kappa shape index (κ2) is 6.04. The molecule has 0 aliphatic heterocycles. The highest BCUT2D eigenvalue weighted by Gasteiger charge is 2.16. The minimum absolute atomic E-state index is 0.182. The number of nitrogens with zero attached hydrogens (tertiary/aromatic N) is 1. The van der Waals surface area contributed by atoms with Crippen LogP contribution in [-0.4, -0.2) is 16.1 Å². The summed E-state index contributed by atoms with van der Waals surface area (Å²) in [7, 11) is 0. The van der Waals surface area contributed by atoms with Crippen molar-refractivity contribution in [1.82, 2.24) is 4.98 Å². The number of aryl methyl sites for hydroxylation is 1. The number of hydrogen-bond acceptors (Lipinski definition) is 2. The molecule has 0 bridgehead atoms. The van der Waals surface area contributed by atoms with Gasteiger partial charge in [-0.3, -0.25) is 4.98 Å². The summed E-state index contributed by atoms with van der Waals surface area (Å²) in [6.07, 6.45) is 0.744. The van der Waals surface area contributed by atoms with Crippen LogP contribution in [0.25, 0.3) is 11.1 Å². The van der Waals surface area contributed by atoms with E-state index in [9.17, 15) is 14.3 Å². The lowest BCUT2D eigenvalue weighted by atomic mass is 9.96. The van der Waals surface area contributed by atoms with Crippen molar-refractivity contribution >= 4 is 5.97 Å². The van der Waals surface area contributed by atoms with Gasteiger partial charge in [-0.2, -0.15) is 0 Å². The number of benzene rings is 1. The minimum Gasteiger partial charge on any atom is -0.478 e. The number of carbonyl (C=O) groups is 1. The number of carboxylic acid groups (broad SMARTS) is 1. The average molecular weight is 287 g/mol. The van der Waals surface area contributed by atoms with Crippen LogP contribution in [0.1, 0.15) is 35.6 Å². The van der Waals surface area contributed by atoms with Crippen molar-refractivity contribution in [3.8, 4) is 11.1 Å². The summed E-state index contributed by atoms with van der Waals surface area (Å²) in [6.45, 7) is 5.86. The smallest absolute Gasteiger partial charge is 0.337 e. The molecule has 0 aliphatic carbocycles. The third-order valence-corrected chi connectivity index (χ3v) is 3.28. The lowest BCUT2D eigenvalue weighted by molar-refractivity contribution is 0.0695. The van der Waals surface area contributed by atoms with E-state index in [0.29, 0.717) is 11.6 Å². The Labute approximate surface area is 123 Å². The van der Waals surface area contributed by atoms with Crippen LogP contribution in [0.3, 0.4) is 0 Å². The van der Waals surface area contributed by atoms with E-state index in [4.69, 9.17) is 0 Å². The van der Waals surface area contributed by atoms with Gasteiger partial charge in [0, 0.05) is 11.3 Å². The molecule has 2 rings (SSSR count). The van der Waals surface area contributed by atoms with Crippen LogP contribution < -0.4 is 0 Å². The Morgan fingerprint density at radius 1 is 1.29 bits per heavy atom. The first-order valence-corrected chi connectivity index (χ1v) is 6.88. The summed E-state index contributed by atoms with van der Waals surface area (Å²) < 4.78 is 13.1. The number of halogens is 1. The quantitative estimate of drug-likeness (QED) is 0.921. The maximum absolute atomic E-state index is 13.1. The molecule has 0 saturated heterocycles. The highest BCUT2D eigenvalue weighted by molar-refractivity contribution is 5.90. The van der Waals surface area contributed by atoms with E-state index in [2.05, 4.69) is 18.8 Å². The zero-order valence-corrected chi connectivity index (χ0v) is 12.4. The molecule has 1 N–H and O–H groups in total. The van der Waals surface area contributed by atoms with Crippen LogP contribution in [0.15, 0.2) is 30.3 Å². The molecule has 1 aromatic heterocycles. The van der Waals surface area contributed by atoms with Crippen molar-refractivity contribution < 1.29 is 14.3 Å². The van der Waals surface area contributed by atoms with E-state index < -0.39 is 5.97 Å². The molecular weight excluding hydrogens is 269 g/mol. The Balaban J connectivity index is 2.61. The summed E-state index contributed by atoms with van der Waals surface area (Å²) in [4.78, 5) is 15.8. The molecule has 0 atom stereocenters. The van der Waals surface area contributed by atoms with Crippen molar-refractivity contribution in [2.45, 2.75) is 27.2 Å². The summed E-state index contributed by atoms with van der Waals surface area (Å²) in [5, 5.41) is 9.25. The lowest BCUT2D eigenvalue weighted by Gasteiger charge is -2.14. The molecule has 1 heterocycles. The predicted octanol–water partition coefficient (Wildman–Crippen LogP) is 4.09. The Morgan fingerprint density at radius 3 is 2.43 bits per heavy atom. The largest absolute Gasteiger partial charge is 0.478 e. The van der Waals surface area contributed by atoms with Gasteiger partial charge in [-0.15, -0.1) is 0 Å². The van der Waals surface area contributed by atoms with Crippen LogP contribution in [0, 0.1) is 18.7 Å². The standard InChI is InChI=1S/C17H18FNO2/c1-10(2)8-16-15(12-4-6-13(18)7-5-12)9-14(17(20)21)11(3)19-16/h4-7,9-10H,8H2,1-3H3,(H,20,21). The molecular formula is C17H18FNO2. The van der Waals surface area contributed by atoms with Gasteiger partial charge < -0.3 is 5.11 Å². The first kappa shape index (κ1) is 15.2. The number of rotatable bonds is 4. The molecule has 0 aliphatic rings. The van der Waals surface area contributed by atoms with Gasteiger partial charge in [-0.1, -0.05) is 26.0 Å². The Hall–Kier alpha value is -2.23. The topological polar surface area (TPSA) is 50.2 Å². The highest BCUT2D eigenvalue weighted by Crippen LogP contribution is 2.27. The second-order valence-electron chi connectivity index (χ2n) is 5.53. The first-order chi connectivity index (χ1) is 9.88. The van der Waals surface area contributed by atoms with Gasteiger partial charge in [0.05, 0.1) is 11.3 Å². The van der Waals surface area contributed by atoms with Crippen molar-refractivity contribution in [3.05, 3.63) is 53.1 Å². The minimum atomic E-state index is -1.00. The zero-order valence-electron chi connectivity index (χ0n) is 12.4. The third-order valence-electron chi connectivity index (χ3n) is 3.28. The molecule has 0 saturated carbocycles. The maximum Gasteiger partial charge on any atom is 0.337 e. The summed E-state index contributed by atoms with van der Waals surface area (Å²) in [5.41, 5.74) is 3.07. The maximum atomic E-state index is 13.1. The number of pyridine rings is 1.